The van der Waals surface area contributed by atoms with E-state index >= 15 is 0 Å². The van der Waals surface area contributed by atoms with Gasteiger partial charge < -0.3 is 15.2 Å². The molecule has 0 aromatic carbocycles. The fourth-order valence-electron chi connectivity index (χ4n) is 1.71. The molecule has 1 fully saturated rings. The Balaban J connectivity index is 1.90. The van der Waals surface area contributed by atoms with Crippen LogP contribution in [0.5, 0.6) is 0 Å². The smallest absolute Gasteiger partial charge is 0.322 e. The van der Waals surface area contributed by atoms with Gasteiger partial charge in [0.25, 0.3) is 0 Å². The summed E-state index contributed by atoms with van der Waals surface area (Å²) in [5.41, 5.74) is 5.63. The maximum absolute atomic E-state index is 11.2. The van der Waals surface area contributed by atoms with E-state index in [0.29, 0.717) is 19.6 Å². The van der Waals surface area contributed by atoms with Crippen molar-refractivity contribution in [3.8, 4) is 0 Å². The topological polar surface area (TPSA) is 61.5 Å². The molecule has 94 valence electrons. The normalized spacial score (nSPS) is 17.9. The molecule has 0 bridgehead atoms. The second-order valence-corrected chi connectivity index (χ2v) is 4.35. The third-order valence-corrected chi connectivity index (χ3v) is 3.06. The summed E-state index contributed by atoms with van der Waals surface area (Å²) in [5.74, 6) is 0.545. The number of esters is 1. The van der Waals surface area contributed by atoms with Crippen LogP contribution in [0.1, 0.15) is 39.0 Å². The number of nitrogens with two attached hydrogens (primary N) is 1. The predicted molar refractivity (Wildman–Crippen MR) is 62.0 cm³/mol. The maximum atomic E-state index is 11.2. The van der Waals surface area contributed by atoms with Crippen molar-refractivity contribution in [1.29, 1.82) is 0 Å². The van der Waals surface area contributed by atoms with Crippen LogP contribution in [0.3, 0.4) is 0 Å². The van der Waals surface area contributed by atoms with Crippen molar-refractivity contribution in [3.63, 3.8) is 0 Å². The zero-order valence-corrected chi connectivity index (χ0v) is 10.1. The fourth-order valence-corrected chi connectivity index (χ4v) is 1.71. The van der Waals surface area contributed by atoms with E-state index in [2.05, 4.69) is 0 Å². The van der Waals surface area contributed by atoms with Crippen molar-refractivity contribution in [2.75, 3.05) is 19.8 Å². The molecule has 1 rings (SSSR count). The molecule has 16 heavy (non-hydrogen) atoms. The zero-order valence-electron chi connectivity index (χ0n) is 10.1. The Hall–Kier alpha value is -0.610. The molecule has 0 aromatic rings. The second kappa shape index (κ2) is 7.63. The van der Waals surface area contributed by atoms with Gasteiger partial charge in [0.15, 0.2) is 0 Å². The lowest BCUT2D eigenvalue weighted by molar-refractivity contribution is -0.145. The third kappa shape index (κ3) is 4.94. The van der Waals surface area contributed by atoms with Gasteiger partial charge in [0, 0.05) is 13.2 Å². The van der Waals surface area contributed by atoms with E-state index in [-0.39, 0.29) is 5.97 Å². The Morgan fingerprint density at radius 1 is 1.44 bits per heavy atom. The second-order valence-electron chi connectivity index (χ2n) is 4.35. The highest BCUT2D eigenvalue weighted by atomic mass is 16.5. The van der Waals surface area contributed by atoms with Crippen LogP contribution in [0.4, 0.5) is 0 Å². The molecule has 0 aromatic heterocycles. The van der Waals surface area contributed by atoms with Crippen molar-refractivity contribution in [3.05, 3.63) is 0 Å². The van der Waals surface area contributed by atoms with Gasteiger partial charge >= 0.3 is 5.97 Å². The van der Waals surface area contributed by atoms with E-state index in [0.717, 1.165) is 18.9 Å². The van der Waals surface area contributed by atoms with Gasteiger partial charge in [-0.25, -0.2) is 0 Å². The van der Waals surface area contributed by atoms with Crippen LogP contribution in [0, 0.1) is 5.92 Å². The minimum atomic E-state index is -0.538. The first-order chi connectivity index (χ1) is 7.74. The summed E-state index contributed by atoms with van der Waals surface area (Å²) in [7, 11) is 0. The molecule has 0 heterocycles. The minimum absolute atomic E-state index is 0.329. The van der Waals surface area contributed by atoms with Gasteiger partial charge in [0.2, 0.25) is 0 Å². The summed E-state index contributed by atoms with van der Waals surface area (Å²) in [6.07, 6.45) is 5.77. The molecule has 0 saturated heterocycles. The average Bonchev–Trinajstić information content (AvgIpc) is 2.20. The predicted octanol–water partition coefficient (Wildman–Crippen LogP) is 1.47. The number of rotatable bonds is 8. The first-order valence-corrected chi connectivity index (χ1v) is 6.24. The standard InChI is InChI=1S/C12H23NO3/c1-2-16-12(14)11(13)7-9-15-8-6-10-4-3-5-10/h10-11H,2-9,13H2,1H3. The van der Waals surface area contributed by atoms with Gasteiger partial charge in [-0.2, -0.15) is 0 Å². The first-order valence-electron chi connectivity index (χ1n) is 6.24. The SMILES string of the molecule is CCOC(=O)C(N)CCOCCC1CCC1. The van der Waals surface area contributed by atoms with Gasteiger partial charge in [0.05, 0.1) is 6.61 Å². The van der Waals surface area contributed by atoms with Crippen molar-refractivity contribution in [2.24, 2.45) is 11.7 Å². The lowest BCUT2D eigenvalue weighted by Gasteiger charge is -2.24. The van der Waals surface area contributed by atoms with Crippen LogP contribution in [-0.2, 0) is 14.3 Å². The van der Waals surface area contributed by atoms with Gasteiger partial charge in [-0.1, -0.05) is 19.3 Å². The molecule has 2 N–H and O–H groups in total. The van der Waals surface area contributed by atoms with Gasteiger partial charge in [0.1, 0.15) is 6.04 Å². The first kappa shape index (κ1) is 13.5. The quantitative estimate of drug-likeness (QED) is 0.506. The largest absolute Gasteiger partial charge is 0.465 e. The van der Waals surface area contributed by atoms with Crippen molar-refractivity contribution in [1.82, 2.24) is 0 Å². The zero-order chi connectivity index (χ0) is 11.8. The monoisotopic (exact) mass is 229 g/mol. The van der Waals surface area contributed by atoms with Crippen LogP contribution in [-0.4, -0.2) is 31.8 Å². The Labute approximate surface area is 97.5 Å². The van der Waals surface area contributed by atoms with Crippen LogP contribution in [0.25, 0.3) is 0 Å². The van der Waals surface area contributed by atoms with Gasteiger partial charge in [-0.3, -0.25) is 4.79 Å². The third-order valence-electron chi connectivity index (χ3n) is 3.06. The van der Waals surface area contributed by atoms with Gasteiger partial charge in [-0.05, 0) is 25.7 Å². The van der Waals surface area contributed by atoms with E-state index < -0.39 is 6.04 Å². The molecule has 1 aliphatic rings. The summed E-state index contributed by atoms with van der Waals surface area (Å²) >= 11 is 0. The van der Waals surface area contributed by atoms with E-state index in [1.165, 1.54) is 19.3 Å². The van der Waals surface area contributed by atoms with Crippen LogP contribution in [0.15, 0.2) is 0 Å². The molecule has 0 aliphatic heterocycles. The molecule has 0 amide bonds. The molecule has 1 saturated carbocycles. The summed E-state index contributed by atoms with van der Waals surface area (Å²) < 4.78 is 10.3. The Morgan fingerprint density at radius 3 is 2.75 bits per heavy atom. The summed E-state index contributed by atoms with van der Waals surface area (Å²) in [5, 5.41) is 0. The molecular weight excluding hydrogens is 206 g/mol. The lowest BCUT2D eigenvalue weighted by Crippen LogP contribution is -2.33. The van der Waals surface area contributed by atoms with Crippen molar-refractivity contribution in [2.45, 2.75) is 45.1 Å². The average molecular weight is 229 g/mol. The van der Waals surface area contributed by atoms with E-state index in [1.807, 2.05) is 0 Å². The van der Waals surface area contributed by atoms with Crippen molar-refractivity contribution < 1.29 is 14.3 Å². The number of carbonyl (C=O) groups is 1. The molecule has 4 nitrogen and oxygen atoms in total. The molecule has 1 atom stereocenters. The Morgan fingerprint density at radius 2 is 2.19 bits per heavy atom. The fraction of sp³-hybridized carbons (Fsp3) is 0.917. The molecule has 0 radical (unpaired) electrons. The number of hydrogen-bond donors (Lipinski definition) is 1. The molecule has 0 spiro atoms. The highest BCUT2D eigenvalue weighted by molar-refractivity contribution is 5.75. The Bertz CT molecular complexity index is 204. The minimum Gasteiger partial charge on any atom is -0.465 e. The number of ether oxygens (including phenoxy) is 2. The molecular formula is C12H23NO3. The van der Waals surface area contributed by atoms with Crippen molar-refractivity contribution >= 4 is 5.97 Å². The summed E-state index contributed by atoms with van der Waals surface area (Å²) in [6, 6.07) is -0.538. The highest BCUT2D eigenvalue weighted by Gasteiger charge is 2.17. The van der Waals surface area contributed by atoms with Crippen LogP contribution < -0.4 is 5.73 Å². The molecule has 4 heteroatoms. The van der Waals surface area contributed by atoms with Crippen LogP contribution in [0.2, 0.25) is 0 Å². The highest BCUT2D eigenvalue weighted by Crippen LogP contribution is 2.29. The molecule has 1 unspecified atom stereocenters. The van der Waals surface area contributed by atoms with E-state index in [4.69, 9.17) is 15.2 Å². The Kier molecular flexibility index (Phi) is 6.42. The van der Waals surface area contributed by atoms with Gasteiger partial charge in [-0.15, -0.1) is 0 Å². The van der Waals surface area contributed by atoms with E-state index in [9.17, 15) is 4.79 Å². The number of hydrogen-bond acceptors (Lipinski definition) is 4. The van der Waals surface area contributed by atoms with Crippen LogP contribution >= 0.6 is 0 Å². The number of carbonyl (C=O) groups excluding carboxylic acids is 1. The van der Waals surface area contributed by atoms with E-state index in [1.54, 1.807) is 6.92 Å². The summed E-state index contributed by atoms with van der Waals surface area (Å²) in [4.78, 5) is 11.2. The molecule has 1 aliphatic carbocycles. The lowest BCUT2D eigenvalue weighted by atomic mass is 9.83. The maximum Gasteiger partial charge on any atom is 0.322 e. The summed E-state index contributed by atoms with van der Waals surface area (Å²) in [6.45, 7) is 3.50.